The van der Waals surface area contributed by atoms with E-state index in [1.54, 1.807) is 0 Å². The van der Waals surface area contributed by atoms with Gasteiger partial charge in [0.15, 0.2) is 17.5 Å². The number of hydrogen-bond donors (Lipinski definition) is 0. The first-order valence-electron chi connectivity index (χ1n) is 10.9. The van der Waals surface area contributed by atoms with Gasteiger partial charge in [-0.1, -0.05) is 37.1 Å². The first kappa shape index (κ1) is 20.3. The molecule has 0 aliphatic heterocycles. The Hall–Kier alpha value is -2.03. The van der Waals surface area contributed by atoms with Crippen LogP contribution in [0.1, 0.15) is 56.1 Å². The van der Waals surface area contributed by atoms with Crippen molar-refractivity contribution in [3.63, 3.8) is 0 Å². The molecular weight excluding hydrogens is 369 g/mol. The highest BCUT2D eigenvalue weighted by Gasteiger charge is 2.30. The van der Waals surface area contributed by atoms with Gasteiger partial charge in [0, 0.05) is 0 Å². The summed E-state index contributed by atoms with van der Waals surface area (Å²) in [5.41, 5.74) is 3.78. The standard InChI is InChI=1S/C26H29F3/c1-2-3-4-17-5-7-18(8-6-17)19-9-10-21-14-22(12-11-20(21)13-19)23-15-24(27)26(29)25(28)16-23/h2,11-12,14-19H,1,3-10,13H2. The average molecular weight is 399 g/mol. The van der Waals surface area contributed by atoms with Crippen molar-refractivity contribution in [1.82, 2.24) is 0 Å². The van der Waals surface area contributed by atoms with Crippen LogP contribution in [0.4, 0.5) is 13.2 Å². The SMILES string of the molecule is C=CCCC1CCC(C2CCc3cc(-c4cc(F)c(F)c(F)c4)ccc3C2)CC1. The lowest BCUT2D eigenvalue weighted by molar-refractivity contribution is 0.185. The number of fused-ring (bicyclic) bond motifs is 1. The van der Waals surface area contributed by atoms with Crippen molar-refractivity contribution in [3.8, 4) is 11.1 Å². The van der Waals surface area contributed by atoms with Crippen LogP contribution in [0.25, 0.3) is 11.1 Å². The molecule has 1 fully saturated rings. The molecule has 29 heavy (non-hydrogen) atoms. The molecule has 3 heteroatoms. The molecule has 0 saturated heterocycles. The minimum Gasteiger partial charge on any atom is -0.204 e. The van der Waals surface area contributed by atoms with E-state index >= 15 is 0 Å². The Bertz CT molecular complexity index is 855. The van der Waals surface area contributed by atoms with Crippen molar-refractivity contribution in [1.29, 1.82) is 0 Å². The van der Waals surface area contributed by atoms with Crippen LogP contribution in [-0.2, 0) is 12.8 Å². The highest BCUT2D eigenvalue weighted by atomic mass is 19.2. The zero-order chi connectivity index (χ0) is 20.4. The summed E-state index contributed by atoms with van der Waals surface area (Å²) in [7, 11) is 0. The van der Waals surface area contributed by atoms with E-state index < -0.39 is 17.5 Å². The second-order valence-corrected chi connectivity index (χ2v) is 8.89. The summed E-state index contributed by atoms with van der Waals surface area (Å²) in [6.07, 6.45) is 13.1. The average Bonchev–Trinajstić information content (AvgIpc) is 2.75. The topological polar surface area (TPSA) is 0 Å². The first-order chi connectivity index (χ1) is 14.0. The highest BCUT2D eigenvalue weighted by Crippen LogP contribution is 2.41. The molecule has 4 rings (SSSR count). The number of benzene rings is 2. The number of hydrogen-bond acceptors (Lipinski definition) is 0. The predicted octanol–water partition coefficient (Wildman–Crippen LogP) is 7.65. The minimum atomic E-state index is -1.41. The zero-order valence-corrected chi connectivity index (χ0v) is 16.9. The molecule has 1 atom stereocenters. The van der Waals surface area contributed by atoms with Gasteiger partial charge in [0.2, 0.25) is 0 Å². The minimum absolute atomic E-state index is 0.393. The number of aryl methyl sites for hydroxylation is 1. The van der Waals surface area contributed by atoms with Gasteiger partial charge in [-0.15, -0.1) is 6.58 Å². The maximum atomic E-state index is 13.6. The Labute approximate surface area is 171 Å². The van der Waals surface area contributed by atoms with Gasteiger partial charge >= 0.3 is 0 Å². The molecule has 2 aromatic rings. The quantitative estimate of drug-likeness (QED) is 0.358. The van der Waals surface area contributed by atoms with E-state index in [1.807, 2.05) is 18.2 Å². The van der Waals surface area contributed by atoms with E-state index in [-0.39, 0.29) is 0 Å². The summed E-state index contributed by atoms with van der Waals surface area (Å²) < 4.78 is 40.4. The van der Waals surface area contributed by atoms with E-state index in [9.17, 15) is 13.2 Å². The molecule has 154 valence electrons. The van der Waals surface area contributed by atoms with E-state index in [4.69, 9.17) is 0 Å². The van der Waals surface area contributed by atoms with Crippen LogP contribution in [0.15, 0.2) is 43.0 Å². The molecule has 0 radical (unpaired) electrons. The predicted molar refractivity (Wildman–Crippen MR) is 112 cm³/mol. The van der Waals surface area contributed by atoms with Gasteiger partial charge < -0.3 is 0 Å². The molecule has 0 amide bonds. The largest absolute Gasteiger partial charge is 0.204 e. The molecule has 1 unspecified atom stereocenters. The van der Waals surface area contributed by atoms with Crippen molar-refractivity contribution in [3.05, 3.63) is 71.6 Å². The maximum absolute atomic E-state index is 13.6. The highest BCUT2D eigenvalue weighted by molar-refractivity contribution is 5.65. The monoisotopic (exact) mass is 398 g/mol. The van der Waals surface area contributed by atoms with Crippen molar-refractivity contribution in [2.75, 3.05) is 0 Å². The van der Waals surface area contributed by atoms with Crippen molar-refractivity contribution < 1.29 is 13.2 Å². The summed E-state index contributed by atoms with van der Waals surface area (Å²) in [6, 6.07) is 8.21. The third-order valence-electron chi connectivity index (χ3n) is 7.13. The number of rotatable bonds is 5. The number of halogens is 3. The van der Waals surface area contributed by atoms with Crippen LogP contribution in [0.2, 0.25) is 0 Å². The van der Waals surface area contributed by atoms with E-state index in [0.717, 1.165) is 54.7 Å². The Kier molecular flexibility index (Phi) is 6.12. The van der Waals surface area contributed by atoms with E-state index in [1.165, 1.54) is 49.7 Å². The van der Waals surface area contributed by atoms with Crippen LogP contribution >= 0.6 is 0 Å². The fourth-order valence-corrected chi connectivity index (χ4v) is 5.39. The Balaban J connectivity index is 1.43. The maximum Gasteiger partial charge on any atom is 0.194 e. The summed E-state index contributed by atoms with van der Waals surface area (Å²) in [5, 5.41) is 0. The fourth-order valence-electron chi connectivity index (χ4n) is 5.39. The molecule has 0 spiro atoms. The fraction of sp³-hybridized carbons (Fsp3) is 0.462. The molecule has 0 nitrogen and oxygen atoms in total. The summed E-state index contributed by atoms with van der Waals surface area (Å²) in [4.78, 5) is 0. The molecule has 2 aromatic carbocycles. The smallest absolute Gasteiger partial charge is 0.194 e. The summed E-state index contributed by atoms with van der Waals surface area (Å²) >= 11 is 0. The van der Waals surface area contributed by atoms with E-state index in [0.29, 0.717) is 5.56 Å². The molecule has 0 aromatic heterocycles. The lowest BCUT2D eigenvalue weighted by Gasteiger charge is -2.36. The molecular formula is C26H29F3. The van der Waals surface area contributed by atoms with Crippen LogP contribution in [0.3, 0.4) is 0 Å². The van der Waals surface area contributed by atoms with Gasteiger partial charge in [-0.25, -0.2) is 13.2 Å². The van der Waals surface area contributed by atoms with E-state index in [2.05, 4.69) is 12.6 Å². The molecule has 0 bridgehead atoms. The Morgan fingerprint density at radius 3 is 2.24 bits per heavy atom. The molecule has 2 aliphatic rings. The summed E-state index contributed by atoms with van der Waals surface area (Å²) in [5.74, 6) is -1.24. The van der Waals surface area contributed by atoms with Gasteiger partial charge in [0.05, 0.1) is 0 Å². The molecule has 2 aliphatic carbocycles. The van der Waals surface area contributed by atoms with Gasteiger partial charge in [0.25, 0.3) is 0 Å². The Morgan fingerprint density at radius 1 is 0.828 bits per heavy atom. The van der Waals surface area contributed by atoms with Gasteiger partial charge in [0.1, 0.15) is 0 Å². The lowest BCUT2D eigenvalue weighted by atomic mass is 9.69. The zero-order valence-electron chi connectivity index (χ0n) is 16.9. The normalized spacial score (nSPS) is 24.2. The van der Waals surface area contributed by atoms with Crippen LogP contribution in [0, 0.1) is 35.2 Å². The van der Waals surface area contributed by atoms with Crippen molar-refractivity contribution in [2.45, 2.75) is 57.8 Å². The van der Waals surface area contributed by atoms with Crippen LogP contribution in [-0.4, -0.2) is 0 Å². The summed E-state index contributed by atoms with van der Waals surface area (Å²) in [6.45, 7) is 3.84. The molecule has 1 saturated carbocycles. The first-order valence-corrected chi connectivity index (χ1v) is 10.9. The molecule has 0 N–H and O–H groups in total. The van der Waals surface area contributed by atoms with Crippen molar-refractivity contribution >= 4 is 0 Å². The third-order valence-corrected chi connectivity index (χ3v) is 7.13. The number of allylic oxidation sites excluding steroid dienone is 1. The molecule has 0 heterocycles. The second kappa shape index (κ2) is 8.77. The van der Waals surface area contributed by atoms with Gasteiger partial charge in [-0.2, -0.15) is 0 Å². The van der Waals surface area contributed by atoms with Gasteiger partial charge in [-0.05, 0) is 97.1 Å². The second-order valence-electron chi connectivity index (χ2n) is 8.89. The van der Waals surface area contributed by atoms with Crippen LogP contribution in [0.5, 0.6) is 0 Å². The van der Waals surface area contributed by atoms with Gasteiger partial charge in [-0.3, -0.25) is 0 Å². The third kappa shape index (κ3) is 4.44. The van der Waals surface area contributed by atoms with Crippen LogP contribution < -0.4 is 0 Å². The van der Waals surface area contributed by atoms with Crippen molar-refractivity contribution in [2.24, 2.45) is 17.8 Å². The Morgan fingerprint density at radius 2 is 1.55 bits per heavy atom. The lowest BCUT2D eigenvalue weighted by Crippen LogP contribution is -2.26.